The van der Waals surface area contributed by atoms with Crippen molar-refractivity contribution in [3.8, 4) is 5.75 Å². The Morgan fingerprint density at radius 3 is 2.73 bits per heavy atom. The molecule has 2 rings (SSSR count). The number of halogens is 1. The molecule has 0 aliphatic carbocycles. The maximum Gasteiger partial charge on any atom is 0.261 e. The minimum Gasteiger partial charge on any atom is -0.478 e. The summed E-state index contributed by atoms with van der Waals surface area (Å²) in [6.45, 7) is 3.69. The summed E-state index contributed by atoms with van der Waals surface area (Å²) in [5, 5.41) is 2.71. The van der Waals surface area contributed by atoms with Crippen molar-refractivity contribution in [1.29, 1.82) is 0 Å². The van der Waals surface area contributed by atoms with Crippen LogP contribution in [0.25, 0.3) is 0 Å². The molecule has 138 valence electrons. The maximum absolute atomic E-state index is 13.7. The topological polar surface area (TPSA) is 107 Å². The quantitative estimate of drug-likeness (QED) is 0.742. The number of aromatic nitrogens is 2. The van der Waals surface area contributed by atoms with Gasteiger partial charge < -0.3 is 15.8 Å². The third-order valence-electron chi connectivity index (χ3n) is 3.68. The van der Waals surface area contributed by atoms with Crippen molar-refractivity contribution < 1.29 is 18.7 Å². The third kappa shape index (κ3) is 4.98. The number of nitrogens with zero attached hydrogens (tertiary/aromatic N) is 2. The molecule has 1 aromatic carbocycles. The van der Waals surface area contributed by atoms with Crippen LogP contribution < -0.4 is 15.8 Å². The van der Waals surface area contributed by atoms with Crippen molar-refractivity contribution in [2.45, 2.75) is 32.8 Å². The normalized spacial score (nSPS) is 11.7. The standard InChI is InChI=1S/C18H21FN4O3/c1-3-15(26-16-7-5-4-6-13(16)19)18(25)21-9-8-14-12(17(20)24)10-22-11(2)23-14/h4-7,10,15H,3,8-9H2,1-2H3,(H2,20,24)(H,21,25)/t15-/m0/s1. The van der Waals surface area contributed by atoms with Crippen molar-refractivity contribution >= 4 is 11.8 Å². The van der Waals surface area contributed by atoms with E-state index in [1.807, 2.05) is 0 Å². The molecule has 0 aliphatic rings. The summed E-state index contributed by atoms with van der Waals surface area (Å²) in [7, 11) is 0. The van der Waals surface area contributed by atoms with Gasteiger partial charge in [-0.25, -0.2) is 14.4 Å². The van der Waals surface area contributed by atoms with Crippen LogP contribution in [-0.2, 0) is 11.2 Å². The average Bonchev–Trinajstić information content (AvgIpc) is 2.60. The van der Waals surface area contributed by atoms with Gasteiger partial charge in [-0.2, -0.15) is 0 Å². The van der Waals surface area contributed by atoms with E-state index in [1.165, 1.54) is 18.3 Å². The van der Waals surface area contributed by atoms with Crippen LogP contribution in [0.2, 0.25) is 0 Å². The zero-order valence-corrected chi connectivity index (χ0v) is 14.7. The second kappa shape index (κ2) is 8.89. The number of carbonyl (C=O) groups excluding carboxylic acids is 2. The molecule has 1 atom stereocenters. The second-order valence-electron chi connectivity index (χ2n) is 5.63. The molecular weight excluding hydrogens is 339 g/mol. The molecule has 2 amide bonds. The van der Waals surface area contributed by atoms with Crippen LogP contribution in [0, 0.1) is 12.7 Å². The number of hydrogen-bond acceptors (Lipinski definition) is 5. The molecule has 0 saturated heterocycles. The van der Waals surface area contributed by atoms with Crippen molar-refractivity contribution in [3.63, 3.8) is 0 Å². The molecule has 3 N–H and O–H groups in total. The zero-order chi connectivity index (χ0) is 19.1. The number of benzene rings is 1. The molecule has 0 radical (unpaired) electrons. The molecule has 0 fully saturated rings. The number of nitrogens with two attached hydrogens (primary N) is 1. The minimum atomic E-state index is -0.824. The van der Waals surface area contributed by atoms with E-state index >= 15 is 0 Å². The summed E-state index contributed by atoms with van der Waals surface area (Å²) >= 11 is 0. The van der Waals surface area contributed by atoms with Gasteiger partial charge in [-0.1, -0.05) is 19.1 Å². The number of para-hydroxylation sites is 1. The lowest BCUT2D eigenvalue weighted by Gasteiger charge is -2.17. The molecule has 0 spiro atoms. The average molecular weight is 360 g/mol. The molecule has 0 saturated carbocycles. The van der Waals surface area contributed by atoms with Crippen molar-refractivity contribution in [1.82, 2.24) is 15.3 Å². The number of amides is 2. The van der Waals surface area contributed by atoms with Crippen LogP contribution in [0.1, 0.15) is 35.2 Å². The molecule has 0 bridgehead atoms. The molecule has 2 aromatic rings. The van der Waals surface area contributed by atoms with Crippen LogP contribution in [0.5, 0.6) is 5.75 Å². The first-order valence-electron chi connectivity index (χ1n) is 8.23. The SMILES string of the molecule is CC[C@H](Oc1ccccc1F)C(=O)NCCc1nc(C)ncc1C(N)=O. The summed E-state index contributed by atoms with van der Waals surface area (Å²) in [6, 6.07) is 5.91. The van der Waals surface area contributed by atoms with E-state index < -0.39 is 17.8 Å². The fourth-order valence-corrected chi connectivity index (χ4v) is 2.35. The Kier molecular flexibility index (Phi) is 6.60. The highest BCUT2D eigenvalue weighted by atomic mass is 19.1. The zero-order valence-electron chi connectivity index (χ0n) is 14.7. The van der Waals surface area contributed by atoms with Crippen molar-refractivity contribution in [2.75, 3.05) is 6.54 Å². The predicted molar refractivity (Wildman–Crippen MR) is 93.1 cm³/mol. The van der Waals surface area contributed by atoms with Gasteiger partial charge in [0.05, 0.1) is 11.3 Å². The first kappa shape index (κ1) is 19.3. The number of ether oxygens (including phenoxy) is 1. The third-order valence-corrected chi connectivity index (χ3v) is 3.68. The summed E-state index contributed by atoms with van der Waals surface area (Å²) in [5.74, 6) is -0.994. The van der Waals surface area contributed by atoms with Gasteiger partial charge in [0.2, 0.25) is 0 Å². The molecular formula is C18H21FN4O3. The first-order valence-corrected chi connectivity index (χ1v) is 8.23. The number of hydrogen-bond donors (Lipinski definition) is 2. The van der Waals surface area contributed by atoms with Crippen LogP contribution >= 0.6 is 0 Å². The van der Waals surface area contributed by atoms with E-state index in [1.54, 1.807) is 26.0 Å². The minimum absolute atomic E-state index is 0.0249. The Morgan fingerprint density at radius 1 is 1.35 bits per heavy atom. The van der Waals surface area contributed by atoms with Crippen LogP contribution in [-0.4, -0.2) is 34.4 Å². The van der Waals surface area contributed by atoms with Gasteiger partial charge in [-0.05, 0) is 25.5 Å². The number of rotatable bonds is 8. The monoisotopic (exact) mass is 360 g/mol. The summed E-state index contributed by atoms with van der Waals surface area (Å²) < 4.78 is 19.1. The highest BCUT2D eigenvalue weighted by Gasteiger charge is 2.20. The lowest BCUT2D eigenvalue weighted by atomic mass is 10.1. The van der Waals surface area contributed by atoms with Gasteiger partial charge in [-0.15, -0.1) is 0 Å². The molecule has 26 heavy (non-hydrogen) atoms. The van der Waals surface area contributed by atoms with E-state index in [9.17, 15) is 14.0 Å². The van der Waals surface area contributed by atoms with Gasteiger partial charge in [0.1, 0.15) is 5.82 Å². The Morgan fingerprint density at radius 2 is 2.08 bits per heavy atom. The molecule has 7 nitrogen and oxygen atoms in total. The van der Waals surface area contributed by atoms with Crippen LogP contribution in [0.4, 0.5) is 4.39 Å². The molecule has 0 aliphatic heterocycles. The molecule has 1 heterocycles. The van der Waals surface area contributed by atoms with Crippen LogP contribution in [0.3, 0.4) is 0 Å². The molecule has 8 heteroatoms. The van der Waals surface area contributed by atoms with E-state index in [0.717, 1.165) is 0 Å². The maximum atomic E-state index is 13.7. The number of nitrogens with one attached hydrogen (secondary N) is 1. The van der Waals surface area contributed by atoms with E-state index in [-0.39, 0.29) is 23.8 Å². The van der Waals surface area contributed by atoms with Gasteiger partial charge in [0.15, 0.2) is 17.7 Å². The highest BCUT2D eigenvalue weighted by molar-refractivity contribution is 5.93. The summed E-state index contributed by atoms with van der Waals surface area (Å²) in [4.78, 5) is 31.8. The predicted octanol–water partition coefficient (Wildman–Crippen LogP) is 1.54. The van der Waals surface area contributed by atoms with Gasteiger partial charge in [-0.3, -0.25) is 9.59 Å². The second-order valence-corrected chi connectivity index (χ2v) is 5.63. The van der Waals surface area contributed by atoms with E-state index in [4.69, 9.17) is 10.5 Å². The fraction of sp³-hybridized carbons (Fsp3) is 0.333. The Balaban J connectivity index is 1.96. The van der Waals surface area contributed by atoms with Gasteiger partial charge in [0.25, 0.3) is 11.8 Å². The lowest BCUT2D eigenvalue weighted by molar-refractivity contribution is -0.128. The number of aryl methyl sites for hydroxylation is 1. The lowest BCUT2D eigenvalue weighted by Crippen LogP contribution is -2.39. The van der Waals surface area contributed by atoms with Gasteiger partial charge in [0, 0.05) is 19.2 Å². The van der Waals surface area contributed by atoms with Crippen molar-refractivity contribution in [2.24, 2.45) is 5.73 Å². The highest BCUT2D eigenvalue weighted by Crippen LogP contribution is 2.18. The summed E-state index contributed by atoms with van der Waals surface area (Å²) in [6.07, 6.45) is 1.23. The Bertz CT molecular complexity index is 798. The number of carbonyl (C=O) groups is 2. The van der Waals surface area contributed by atoms with Crippen LogP contribution in [0.15, 0.2) is 30.5 Å². The molecule has 0 unspecified atom stereocenters. The Hall–Kier alpha value is -3.03. The fourth-order valence-electron chi connectivity index (χ4n) is 2.35. The molecule has 1 aromatic heterocycles. The van der Waals surface area contributed by atoms with Gasteiger partial charge >= 0.3 is 0 Å². The largest absolute Gasteiger partial charge is 0.478 e. The van der Waals surface area contributed by atoms with Crippen molar-refractivity contribution in [3.05, 3.63) is 53.4 Å². The summed E-state index contributed by atoms with van der Waals surface area (Å²) in [5.41, 5.74) is 5.99. The van der Waals surface area contributed by atoms with E-state index in [0.29, 0.717) is 24.4 Å². The smallest absolute Gasteiger partial charge is 0.261 e. The van der Waals surface area contributed by atoms with E-state index in [2.05, 4.69) is 15.3 Å². The number of primary amides is 1. The first-order chi connectivity index (χ1) is 12.4. The Labute approximate surface area is 150 Å².